The first-order valence-electron chi connectivity index (χ1n) is 37.3. The fraction of sp³-hybridized carbons (Fsp3) is 0.412. The molecule has 22 N–H and O–H groups in total. The van der Waals surface area contributed by atoms with E-state index in [9.17, 15) is 69.9 Å². The maximum absolute atomic E-state index is 16.3. The van der Waals surface area contributed by atoms with Crippen LogP contribution in [0.15, 0.2) is 109 Å². The van der Waals surface area contributed by atoms with Crippen molar-refractivity contribution in [3.63, 3.8) is 0 Å². The lowest BCUT2D eigenvalue weighted by atomic mass is 9.86. The molecule has 9 amide bonds. The Morgan fingerprint density at radius 2 is 1.41 bits per heavy atom. The van der Waals surface area contributed by atoms with Gasteiger partial charge in [-0.25, -0.2) is 0 Å². The maximum atomic E-state index is 16.3. The summed E-state index contributed by atoms with van der Waals surface area (Å²) in [7, 11) is 1.49. The maximum Gasteiger partial charge on any atom is 0.248 e. The van der Waals surface area contributed by atoms with Gasteiger partial charge in [-0.1, -0.05) is 74.9 Å². The normalized spacial score (nSPS) is 26.9. The van der Waals surface area contributed by atoms with Crippen LogP contribution >= 0.6 is 11.6 Å². The molecule has 2 fully saturated rings. The molecule has 618 valence electrons. The van der Waals surface area contributed by atoms with E-state index in [-0.39, 0.29) is 46.9 Å². The van der Waals surface area contributed by atoms with Gasteiger partial charge >= 0.3 is 0 Å². The summed E-state index contributed by atoms with van der Waals surface area (Å²) in [5.74, 6) is -9.52. The second-order valence-electron chi connectivity index (χ2n) is 29.5. The third-order valence-electron chi connectivity index (χ3n) is 20.2. The van der Waals surface area contributed by atoms with E-state index in [4.69, 9.17) is 51.5 Å². The van der Waals surface area contributed by atoms with Gasteiger partial charge in [-0.3, -0.25) is 43.2 Å². The van der Waals surface area contributed by atoms with Gasteiger partial charge in [0.2, 0.25) is 65.2 Å². The predicted octanol–water partition coefficient (Wildman–Crippen LogP) is 1.66. The first-order valence-corrected chi connectivity index (χ1v) is 37.7. The number of phenolic OH excluding ortho intramolecular Hbond substituents is 3. The predicted molar refractivity (Wildman–Crippen MR) is 411 cm³/mol. The lowest BCUT2D eigenvalue weighted by Crippen LogP contribution is -2.64. The third-order valence-corrected chi connectivity index (χ3v) is 20.5. The van der Waals surface area contributed by atoms with Gasteiger partial charge in [0.25, 0.3) is 0 Å². The number of nitrogens with one attached hydrogen (secondary N) is 9. The van der Waals surface area contributed by atoms with E-state index in [2.05, 4.69) is 59.7 Å². The molecule has 7 aliphatic rings. The molecule has 36 heteroatoms. The smallest absolute Gasteiger partial charge is 0.248 e. The lowest BCUT2D eigenvalue weighted by Gasteiger charge is -2.47. The summed E-state index contributed by atoms with van der Waals surface area (Å²) >= 11 is 7.17. The summed E-state index contributed by atoms with van der Waals surface area (Å²) in [6.45, 7) is 6.96. The number of aliphatic hydroxyl groups is 6. The number of anilines is 1. The zero-order valence-corrected chi connectivity index (χ0v) is 64.4. The van der Waals surface area contributed by atoms with Crippen molar-refractivity contribution in [3.8, 4) is 69.0 Å². The summed E-state index contributed by atoms with van der Waals surface area (Å²) in [6, 6.07) is 7.97. The number of unbranched alkanes of at least 4 members (excludes halogenated alkanes) is 2. The van der Waals surface area contributed by atoms with Gasteiger partial charge in [0.1, 0.15) is 95.5 Å². The molecule has 0 aromatic heterocycles. The molecule has 2 saturated heterocycles. The quantitative estimate of drug-likeness (QED) is 0.0430. The fourth-order valence-electron chi connectivity index (χ4n) is 14.0. The fourth-order valence-corrected chi connectivity index (χ4v) is 14.2. The molecule has 0 spiro atoms. The SMILES string of the molecule is CCCCC#Cc1ccc(NC(=O)CNC(=O)C2NC(=O)C3NC(=O)C(NC(=O)C4NC(=O)C(CC(N)=O)NC(=O)C(NC(=O)C(CC(C)C)NC)C(O)c5ccc(cc5)Oc5cc4cc(c5OC4OC(CO)C(O)C(O)C4OC4CC(C)(N)C(O)C(C)O4)Oc4ccc(cc4Cl)C3O)c3ccc(O)c(c3)-c3c(O)cc(O)cc32)cc1. The van der Waals surface area contributed by atoms with Crippen LogP contribution in [0.1, 0.15) is 137 Å². The van der Waals surface area contributed by atoms with Crippen LogP contribution < -0.4 is 73.5 Å². The van der Waals surface area contributed by atoms with Gasteiger partial charge in [0, 0.05) is 46.8 Å². The summed E-state index contributed by atoms with van der Waals surface area (Å²) in [6.07, 6.45) is -15.9. The molecule has 0 aliphatic carbocycles. The molecular weight excluding hydrogens is 1530 g/mol. The van der Waals surface area contributed by atoms with Crippen molar-refractivity contribution < 1.29 is 118 Å². The number of amides is 9. The Kier molecular flexibility index (Phi) is 27.1. The van der Waals surface area contributed by atoms with E-state index in [1.54, 1.807) is 24.3 Å². The van der Waals surface area contributed by atoms with E-state index in [1.807, 2.05) is 20.8 Å². The number of fused-ring (bicyclic) bond motifs is 15. The van der Waals surface area contributed by atoms with Crippen molar-refractivity contribution in [2.75, 3.05) is 25.5 Å². The van der Waals surface area contributed by atoms with Crippen molar-refractivity contribution in [1.29, 1.82) is 0 Å². The minimum atomic E-state index is -2.34. The number of phenols is 3. The van der Waals surface area contributed by atoms with Crippen molar-refractivity contribution in [2.45, 2.75) is 182 Å². The van der Waals surface area contributed by atoms with Crippen LogP contribution in [0.4, 0.5) is 5.69 Å². The minimum Gasteiger partial charge on any atom is -0.508 e. The topological polar surface area (TPSA) is 551 Å². The summed E-state index contributed by atoms with van der Waals surface area (Å²) in [5.41, 5.74) is 9.36. The molecule has 18 atom stereocenters. The Labute approximate surface area is 669 Å². The molecule has 11 bridgehead atoms. The number of benzene rings is 6. The number of primary amides is 1. The number of ether oxygens (including phenoxy) is 6. The lowest BCUT2D eigenvalue weighted by molar-refractivity contribution is -0.333. The highest BCUT2D eigenvalue weighted by molar-refractivity contribution is 6.32. The van der Waals surface area contributed by atoms with E-state index in [1.165, 1.54) is 51.2 Å². The summed E-state index contributed by atoms with van der Waals surface area (Å²) in [5, 5.41) is 128. The third kappa shape index (κ3) is 19.6. The second-order valence-corrected chi connectivity index (χ2v) is 29.9. The van der Waals surface area contributed by atoms with Crippen molar-refractivity contribution in [2.24, 2.45) is 17.4 Å². The number of halogens is 1. The van der Waals surface area contributed by atoms with Crippen molar-refractivity contribution in [1.82, 2.24) is 42.5 Å². The van der Waals surface area contributed by atoms with Gasteiger partial charge in [0.15, 0.2) is 23.9 Å². The Balaban J connectivity index is 1.09. The van der Waals surface area contributed by atoms with Gasteiger partial charge in [0.05, 0.1) is 42.8 Å². The zero-order valence-electron chi connectivity index (χ0n) is 63.6. The van der Waals surface area contributed by atoms with Crippen molar-refractivity contribution in [3.05, 3.63) is 148 Å². The average molecular weight is 1630 g/mol. The first-order chi connectivity index (χ1) is 55.1. The molecule has 13 rings (SSSR count). The van der Waals surface area contributed by atoms with E-state index in [0.717, 1.165) is 67.4 Å². The van der Waals surface area contributed by atoms with Crippen LogP contribution in [0.3, 0.4) is 0 Å². The Bertz CT molecular complexity index is 4770. The highest BCUT2D eigenvalue weighted by atomic mass is 35.5. The van der Waals surface area contributed by atoms with Crippen LogP contribution in [-0.4, -0.2) is 198 Å². The Hall–Kier alpha value is -11.2. The van der Waals surface area contributed by atoms with Gasteiger partial charge < -0.3 is 134 Å². The highest BCUT2D eigenvalue weighted by Crippen LogP contribution is 2.49. The molecule has 0 saturated carbocycles. The number of carbonyl (C=O) groups excluding carboxylic acids is 9. The zero-order chi connectivity index (χ0) is 83.9. The van der Waals surface area contributed by atoms with Crippen LogP contribution in [0, 0.1) is 17.8 Å². The highest BCUT2D eigenvalue weighted by Gasteiger charge is 2.52. The summed E-state index contributed by atoms with van der Waals surface area (Å²) in [4.78, 5) is 134. The van der Waals surface area contributed by atoms with Gasteiger partial charge in [-0.2, -0.15) is 0 Å². The Morgan fingerprint density at radius 3 is 2.07 bits per heavy atom. The second kappa shape index (κ2) is 36.7. The largest absolute Gasteiger partial charge is 0.508 e. The number of hydrogen-bond donors (Lipinski definition) is 20. The molecule has 7 heterocycles. The van der Waals surface area contributed by atoms with Crippen LogP contribution in [-0.2, 0) is 57.4 Å². The molecule has 6 aromatic carbocycles. The average Bonchev–Trinajstić information content (AvgIpc) is 0.766. The van der Waals surface area contributed by atoms with Crippen LogP contribution in [0.5, 0.6) is 46.0 Å². The van der Waals surface area contributed by atoms with Crippen molar-refractivity contribution >= 4 is 70.5 Å². The number of aliphatic hydroxyl groups excluding tert-OH is 6. The van der Waals surface area contributed by atoms with E-state index >= 15 is 19.2 Å². The molecule has 6 aromatic rings. The summed E-state index contributed by atoms with van der Waals surface area (Å²) < 4.78 is 38.6. The van der Waals surface area contributed by atoms with E-state index in [0.29, 0.717) is 17.7 Å². The van der Waals surface area contributed by atoms with Gasteiger partial charge in [-0.15, -0.1) is 0 Å². The monoisotopic (exact) mass is 1630 g/mol. The number of rotatable bonds is 18. The number of nitrogens with two attached hydrogens (primary N) is 2. The number of aromatic hydroxyl groups is 3. The standard InChI is InChI=1S/C80H92ClN11O24/c1-7-8-9-10-11-37-12-18-42(19-13-37)86-57(98)33-85-74(106)62-46-29-43(94)30-51(96)59(46)45-25-39(16-22-50(45)95)60-75(107)92-64(78(110)90-62)66(100)40-17-23-52(47(81)26-40)113-54-28-41-27-53(69(54)116-79-70(68(102)67(101)55(34-93)114-79)115-58-32-80(5,83)71(103)36(4)111-58)112-44-20-14-38(15-21-44)65(99)63(91-72(104)48(84-6)24-35(2)3)77(109)87-49(31-56(82)97)73(105)88-61(41)76(108)89-60/h12-23,25-30,35-36,48-49,55,58,60-68,70-71,79,84,93-96,99-103H,7-9,24,31-34,83H2,1-6H3,(H2,82,97)(H,85,106)(H,86,98)(H,87,109)(H,88,105)(H,89,108)(H,90,110)(H,91,104)(H,92,107). The Morgan fingerprint density at radius 1 is 0.733 bits per heavy atom. The molecule has 0 radical (unpaired) electrons. The molecule has 18 unspecified atom stereocenters. The van der Waals surface area contributed by atoms with Crippen LogP contribution in [0.2, 0.25) is 5.02 Å². The molecular formula is C80H92ClN11O24. The molecule has 116 heavy (non-hydrogen) atoms. The number of hydrogen-bond acceptors (Lipinski definition) is 26. The van der Waals surface area contributed by atoms with Crippen LogP contribution in [0.25, 0.3) is 11.1 Å². The van der Waals surface area contributed by atoms with E-state index < -0.39 is 244 Å². The molecule has 7 aliphatic heterocycles. The number of carbonyl (C=O) groups is 9. The number of likely N-dealkylation sites (N-methyl/N-ethyl adjacent to an activating group) is 1. The van der Waals surface area contributed by atoms with Gasteiger partial charge in [-0.05, 0) is 146 Å². The molecule has 35 nitrogen and oxygen atoms in total. The first kappa shape index (κ1) is 85.6. The minimum absolute atomic E-state index is 0.0529.